The summed E-state index contributed by atoms with van der Waals surface area (Å²) < 4.78 is 0. The molecule has 0 fully saturated rings. The molecule has 3 N–H and O–H groups in total. The van der Waals surface area contributed by atoms with Crippen molar-refractivity contribution >= 4 is 5.97 Å². The van der Waals surface area contributed by atoms with E-state index in [0.717, 1.165) is 5.56 Å². The summed E-state index contributed by atoms with van der Waals surface area (Å²) in [4.78, 5) is 14.3. The van der Waals surface area contributed by atoms with E-state index in [0.29, 0.717) is 0 Å². The SMILES string of the molecule is CC(N)(CC(=O)O)c1ccncc1. The molecule has 13 heavy (non-hydrogen) atoms. The Kier molecular flexibility index (Phi) is 2.63. The molecule has 0 spiro atoms. The lowest BCUT2D eigenvalue weighted by molar-refractivity contribution is -0.138. The number of hydrogen-bond acceptors (Lipinski definition) is 3. The zero-order chi connectivity index (χ0) is 9.90. The van der Waals surface area contributed by atoms with Crippen LogP contribution in [0.4, 0.5) is 0 Å². The molecule has 0 aliphatic rings. The quantitative estimate of drug-likeness (QED) is 0.719. The lowest BCUT2D eigenvalue weighted by Crippen LogP contribution is -2.35. The highest BCUT2D eigenvalue weighted by atomic mass is 16.4. The van der Waals surface area contributed by atoms with Crippen LogP contribution in [-0.2, 0) is 10.3 Å². The van der Waals surface area contributed by atoms with Gasteiger partial charge in [0, 0.05) is 17.9 Å². The second-order valence-electron chi connectivity index (χ2n) is 3.22. The Morgan fingerprint density at radius 1 is 1.62 bits per heavy atom. The minimum Gasteiger partial charge on any atom is -0.481 e. The van der Waals surface area contributed by atoms with Crippen LogP contribution >= 0.6 is 0 Å². The Morgan fingerprint density at radius 2 is 2.15 bits per heavy atom. The van der Waals surface area contributed by atoms with E-state index in [1.54, 1.807) is 31.5 Å². The van der Waals surface area contributed by atoms with Crippen LogP contribution < -0.4 is 5.73 Å². The molecule has 1 aromatic heterocycles. The minimum atomic E-state index is -0.901. The topological polar surface area (TPSA) is 76.2 Å². The molecule has 1 heterocycles. The highest BCUT2D eigenvalue weighted by Gasteiger charge is 2.24. The summed E-state index contributed by atoms with van der Waals surface area (Å²) in [6.07, 6.45) is 3.11. The van der Waals surface area contributed by atoms with Gasteiger partial charge in [0.15, 0.2) is 0 Å². The summed E-state index contributed by atoms with van der Waals surface area (Å²) in [5.41, 5.74) is 5.79. The van der Waals surface area contributed by atoms with Crippen LogP contribution in [-0.4, -0.2) is 16.1 Å². The van der Waals surface area contributed by atoms with E-state index in [4.69, 9.17) is 10.8 Å². The summed E-state index contributed by atoms with van der Waals surface area (Å²) in [5, 5.41) is 8.61. The third kappa shape index (κ3) is 2.52. The third-order valence-corrected chi connectivity index (χ3v) is 1.86. The Hall–Kier alpha value is -1.42. The average Bonchev–Trinajstić information content (AvgIpc) is 2.04. The molecule has 1 rings (SSSR count). The smallest absolute Gasteiger partial charge is 0.305 e. The zero-order valence-electron chi connectivity index (χ0n) is 7.40. The van der Waals surface area contributed by atoms with Gasteiger partial charge in [0.25, 0.3) is 0 Å². The van der Waals surface area contributed by atoms with E-state index < -0.39 is 11.5 Å². The Morgan fingerprint density at radius 3 is 2.62 bits per heavy atom. The average molecular weight is 180 g/mol. The summed E-state index contributed by atoms with van der Waals surface area (Å²) in [7, 11) is 0. The molecule has 1 unspecified atom stereocenters. The maximum absolute atomic E-state index is 10.5. The van der Waals surface area contributed by atoms with Crippen LogP contribution in [0.15, 0.2) is 24.5 Å². The molecule has 0 saturated heterocycles. The molecular weight excluding hydrogens is 168 g/mol. The first-order valence-electron chi connectivity index (χ1n) is 3.93. The van der Waals surface area contributed by atoms with Crippen LogP contribution in [0.3, 0.4) is 0 Å². The lowest BCUT2D eigenvalue weighted by atomic mass is 9.91. The number of hydrogen-bond donors (Lipinski definition) is 2. The molecule has 0 bridgehead atoms. The van der Waals surface area contributed by atoms with E-state index >= 15 is 0 Å². The van der Waals surface area contributed by atoms with Crippen molar-refractivity contribution < 1.29 is 9.90 Å². The van der Waals surface area contributed by atoms with Crippen LogP contribution in [0.2, 0.25) is 0 Å². The fourth-order valence-electron chi connectivity index (χ4n) is 1.15. The van der Waals surface area contributed by atoms with Crippen molar-refractivity contribution in [2.45, 2.75) is 18.9 Å². The summed E-state index contributed by atoms with van der Waals surface area (Å²) >= 11 is 0. The van der Waals surface area contributed by atoms with Gasteiger partial charge >= 0.3 is 5.97 Å². The van der Waals surface area contributed by atoms with Gasteiger partial charge in [-0.05, 0) is 24.6 Å². The fraction of sp³-hybridized carbons (Fsp3) is 0.333. The molecule has 4 heteroatoms. The summed E-state index contributed by atoms with van der Waals surface area (Å²) in [6, 6.07) is 3.45. The number of nitrogens with two attached hydrogens (primary N) is 1. The van der Waals surface area contributed by atoms with E-state index in [2.05, 4.69) is 4.98 Å². The second kappa shape index (κ2) is 3.53. The van der Waals surface area contributed by atoms with Crippen molar-refractivity contribution in [1.82, 2.24) is 4.98 Å². The molecule has 1 aromatic rings. The number of rotatable bonds is 3. The maximum Gasteiger partial charge on any atom is 0.305 e. The van der Waals surface area contributed by atoms with Crippen molar-refractivity contribution in [3.63, 3.8) is 0 Å². The monoisotopic (exact) mass is 180 g/mol. The predicted octanol–water partition coefficient (Wildman–Crippen LogP) is 0.730. The molecular formula is C9H12N2O2. The van der Waals surface area contributed by atoms with Crippen LogP contribution in [0.5, 0.6) is 0 Å². The van der Waals surface area contributed by atoms with Crippen LogP contribution in [0.1, 0.15) is 18.9 Å². The Balaban J connectivity index is 2.87. The maximum atomic E-state index is 10.5. The number of aromatic nitrogens is 1. The van der Waals surface area contributed by atoms with Gasteiger partial charge < -0.3 is 10.8 Å². The Bertz CT molecular complexity index is 296. The van der Waals surface area contributed by atoms with Gasteiger partial charge in [0.05, 0.1) is 6.42 Å². The van der Waals surface area contributed by atoms with Crippen molar-refractivity contribution in [3.05, 3.63) is 30.1 Å². The molecule has 0 radical (unpaired) electrons. The Labute approximate surface area is 76.4 Å². The standard InChI is InChI=1S/C9H12N2O2/c1-9(10,6-8(12)13)7-2-4-11-5-3-7/h2-5H,6,10H2,1H3,(H,12,13). The molecule has 0 amide bonds. The van der Waals surface area contributed by atoms with Crippen molar-refractivity contribution in [2.75, 3.05) is 0 Å². The van der Waals surface area contributed by atoms with Crippen molar-refractivity contribution in [1.29, 1.82) is 0 Å². The zero-order valence-corrected chi connectivity index (χ0v) is 7.40. The minimum absolute atomic E-state index is 0.0863. The van der Waals surface area contributed by atoms with Gasteiger partial charge in [-0.1, -0.05) is 0 Å². The van der Waals surface area contributed by atoms with Crippen molar-refractivity contribution in [3.8, 4) is 0 Å². The van der Waals surface area contributed by atoms with Gasteiger partial charge in [-0.25, -0.2) is 0 Å². The van der Waals surface area contributed by atoms with Crippen LogP contribution in [0.25, 0.3) is 0 Å². The molecule has 0 saturated carbocycles. The molecule has 0 aliphatic carbocycles. The van der Waals surface area contributed by atoms with E-state index in [-0.39, 0.29) is 6.42 Å². The molecule has 0 aromatic carbocycles. The number of carboxylic acid groups (broad SMARTS) is 1. The second-order valence-corrected chi connectivity index (χ2v) is 3.22. The molecule has 70 valence electrons. The van der Waals surface area contributed by atoms with Gasteiger partial charge in [-0.2, -0.15) is 0 Å². The van der Waals surface area contributed by atoms with Crippen LogP contribution in [0, 0.1) is 0 Å². The number of aliphatic carboxylic acids is 1. The first-order chi connectivity index (χ1) is 6.02. The fourth-order valence-corrected chi connectivity index (χ4v) is 1.15. The molecule has 4 nitrogen and oxygen atoms in total. The van der Waals surface area contributed by atoms with Gasteiger partial charge in [0.2, 0.25) is 0 Å². The van der Waals surface area contributed by atoms with E-state index in [1.165, 1.54) is 0 Å². The summed E-state index contributed by atoms with van der Waals surface area (Å²) in [5.74, 6) is -0.901. The lowest BCUT2D eigenvalue weighted by Gasteiger charge is -2.22. The highest BCUT2D eigenvalue weighted by molar-refractivity contribution is 5.68. The summed E-state index contributed by atoms with van der Waals surface area (Å²) in [6.45, 7) is 1.69. The van der Waals surface area contributed by atoms with E-state index in [1.807, 2.05) is 0 Å². The molecule has 0 aliphatic heterocycles. The number of nitrogens with zero attached hydrogens (tertiary/aromatic N) is 1. The first-order valence-corrected chi connectivity index (χ1v) is 3.93. The molecule has 1 atom stereocenters. The van der Waals surface area contributed by atoms with E-state index in [9.17, 15) is 4.79 Å². The van der Waals surface area contributed by atoms with Crippen molar-refractivity contribution in [2.24, 2.45) is 5.73 Å². The highest BCUT2D eigenvalue weighted by Crippen LogP contribution is 2.20. The first kappa shape index (κ1) is 9.67. The number of pyridine rings is 1. The predicted molar refractivity (Wildman–Crippen MR) is 48.0 cm³/mol. The van der Waals surface area contributed by atoms with Gasteiger partial charge in [0.1, 0.15) is 0 Å². The largest absolute Gasteiger partial charge is 0.481 e. The van der Waals surface area contributed by atoms with Gasteiger partial charge in [-0.15, -0.1) is 0 Å². The number of carboxylic acids is 1. The third-order valence-electron chi connectivity index (χ3n) is 1.86. The van der Waals surface area contributed by atoms with Gasteiger partial charge in [-0.3, -0.25) is 9.78 Å². The normalized spacial score (nSPS) is 14.9. The number of carbonyl (C=O) groups is 1.